The van der Waals surface area contributed by atoms with Crippen molar-refractivity contribution >= 4 is 17.7 Å². The topological polar surface area (TPSA) is 76.2 Å². The number of hydrogen-bond acceptors (Lipinski definition) is 3. The maximum absolute atomic E-state index is 10.5. The van der Waals surface area contributed by atoms with E-state index in [9.17, 15) is 4.79 Å². The molecule has 0 spiro atoms. The first-order valence-corrected chi connectivity index (χ1v) is 3.72. The van der Waals surface area contributed by atoms with Crippen molar-refractivity contribution in [3.8, 4) is 0 Å². The second kappa shape index (κ2) is 3.71. The normalized spacial score (nSPS) is 11.3. The van der Waals surface area contributed by atoms with E-state index in [4.69, 9.17) is 10.8 Å². The zero-order valence-electron chi connectivity index (χ0n) is 7.19. The van der Waals surface area contributed by atoms with Crippen LogP contribution in [-0.4, -0.2) is 16.1 Å². The van der Waals surface area contributed by atoms with Crippen LogP contribution in [0.3, 0.4) is 0 Å². The summed E-state index contributed by atoms with van der Waals surface area (Å²) < 4.78 is 0. The Bertz CT molecular complexity index is 358. The van der Waals surface area contributed by atoms with Crippen molar-refractivity contribution in [2.45, 2.75) is 6.92 Å². The number of aromatic nitrogens is 1. The molecule has 0 saturated carbocycles. The van der Waals surface area contributed by atoms with Crippen molar-refractivity contribution in [3.05, 3.63) is 29.6 Å². The first kappa shape index (κ1) is 9.25. The largest absolute Gasteiger partial charge is 0.478 e. The molecule has 1 aromatic heterocycles. The maximum Gasteiger partial charge on any atom is 0.331 e. The summed E-state index contributed by atoms with van der Waals surface area (Å²) in [6, 6.07) is 1.63. The average Bonchev–Trinajstić information content (AvgIpc) is 2.08. The van der Waals surface area contributed by atoms with E-state index in [2.05, 4.69) is 4.98 Å². The average molecular weight is 178 g/mol. The minimum atomic E-state index is -0.955. The van der Waals surface area contributed by atoms with Crippen LogP contribution < -0.4 is 5.73 Å². The van der Waals surface area contributed by atoms with E-state index in [-0.39, 0.29) is 5.57 Å². The van der Waals surface area contributed by atoms with Crippen LogP contribution in [0, 0.1) is 0 Å². The van der Waals surface area contributed by atoms with Crippen molar-refractivity contribution in [1.82, 2.24) is 4.98 Å². The number of aliphatic carboxylic acids is 1. The van der Waals surface area contributed by atoms with E-state index in [0.29, 0.717) is 11.3 Å². The lowest BCUT2D eigenvalue weighted by Crippen LogP contribution is -1.97. The van der Waals surface area contributed by atoms with Crippen LogP contribution in [0.2, 0.25) is 0 Å². The van der Waals surface area contributed by atoms with Crippen LogP contribution in [0.5, 0.6) is 0 Å². The Hall–Kier alpha value is -1.84. The second-order valence-electron chi connectivity index (χ2n) is 2.64. The molecule has 68 valence electrons. The monoisotopic (exact) mass is 178 g/mol. The number of carboxylic acid groups (broad SMARTS) is 1. The number of hydrogen-bond donors (Lipinski definition) is 2. The van der Waals surface area contributed by atoms with Gasteiger partial charge in [-0.1, -0.05) is 0 Å². The number of carbonyl (C=O) groups is 1. The lowest BCUT2D eigenvalue weighted by molar-refractivity contribution is -0.132. The lowest BCUT2D eigenvalue weighted by atomic mass is 10.1. The van der Waals surface area contributed by atoms with Gasteiger partial charge in [0.05, 0.1) is 0 Å². The van der Waals surface area contributed by atoms with Crippen LogP contribution in [-0.2, 0) is 4.79 Å². The van der Waals surface area contributed by atoms with E-state index < -0.39 is 5.97 Å². The Balaban J connectivity index is 3.04. The van der Waals surface area contributed by atoms with E-state index >= 15 is 0 Å². The third-order valence-electron chi connectivity index (χ3n) is 1.60. The van der Waals surface area contributed by atoms with E-state index in [1.807, 2.05) is 0 Å². The van der Waals surface area contributed by atoms with Gasteiger partial charge in [0, 0.05) is 29.2 Å². The molecule has 1 rings (SSSR count). The molecular formula is C9H10N2O2. The van der Waals surface area contributed by atoms with Gasteiger partial charge in [-0.15, -0.1) is 0 Å². The summed E-state index contributed by atoms with van der Waals surface area (Å²) in [4.78, 5) is 14.3. The first-order chi connectivity index (χ1) is 6.11. The van der Waals surface area contributed by atoms with Crippen molar-refractivity contribution < 1.29 is 9.90 Å². The quantitative estimate of drug-likeness (QED) is 0.666. The highest BCUT2D eigenvalue weighted by molar-refractivity contribution is 5.92. The number of nitrogens with zero attached hydrogens (tertiary/aromatic N) is 1. The van der Waals surface area contributed by atoms with Crippen molar-refractivity contribution in [2.24, 2.45) is 0 Å². The summed E-state index contributed by atoms with van der Waals surface area (Å²) in [5.41, 5.74) is 6.98. The van der Waals surface area contributed by atoms with Gasteiger partial charge in [0.1, 0.15) is 0 Å². The molecule has 3 N–H and O–H groups in total. The number of nitrogens with two attached hydrogens (primary N) is 1. The van der Waals surface area contributed by atoms with Gasteiger partial charge in [0.2, 0.25) is 0 Å². The molecule has 0 bridgehead atoms. The van der Waals surface area contributed by atoms with Gasteiger partial charge in [0.25, 0.3) is 0 Å². The van der Waals surface area contributed by atoms with Crippen LogP contribution >= 0.6 is 0 Å². The van der Waals surface area contributed by atoms with Gasteiger partial charge in [-0.25, -0.2) is 4.79 Å². The zero-order chi connectivity index (χ0) is 9.84. The van der Waals surface area contributed by atoms with Crippen LogP contribution in [0.25, 0.3) is 6.08 Å². The molecule has 0 aliphatic rings. The minimum absolute atomic E-state index is 0.236. The predicted molar refractivity (Wildman–Crippen MR) is 49.9 cm³/mol. The van der Waals surface area contributed by atoms with E-state index in [0.717, 1.165) is 0 Å². The third kappa shape index (κ3) is 2.30. The van der Waals surface area contributed by atoms with Crippen LogP contribution in [0.1, 0.15) is 12.5 Å². The van der Waals surface area contributed by atoms with Gasteiger partial charge < -0.3 is 10.8 Å². The number of pyridine rings is 1. The summed E-state index contributed by atoms with van der Waals surface area (Å²) in [6.07, 6.45) is 4.58. The summed E-state index contributed by atoms with van der Waals surface area (Å²) >= 11 is 0. The molecule has 4 heteroatoms. The Labute approximate surface area is 75.7 Å². The van der Waals surface area contributed by atoms with Gasteiger partial charge >= 0.3 is 5.97 Å². The molecule has 13 heavy (non-hydrogen) atoms. The molecule has 0 radical (unpaired) electrons. The Kier molecular flexibility index (Phi) is 2.64. The van der Waals surface area contributed by atoms with Gasteiger partial charge in [0.15, 0.2) is 0 Å². The van der Waals surface area contributed by atoms with E-state index in [1.54, 1.807) is 12.3 Å². The molecular weight excluding hydrogens is 168 g/mol. The van der Waals surface area contributed by atoms with Crippen molar-refractivity contribution in [2.75, 3.05) is 5.73 Å². The predicted octanol–water partition coefficient (Wildman–Crippen LogP) is 1.15. The zero-order valence-corrected chi connectivity index (χ0v) is 7.19. The van der Waals surface area contributed by atoms with Gasteiger partial charge in [-0.2, -0.15) is 0 Å². The van der Waals surface area contributed by atoms with E-state index in [1.165, 1.54) is 19.2 Å². The SMILES string of the molecule is C/C(=C/c1cnccc1N)C(=O)O. The van der Waals surface area contributed by atoms with Crippen LogP contribution in [0.4, 0.5) is 5.69 Å². The number of carboxylic acids is 1. The molecule has 0 aliphatic carbocycles. The Morgan fingerprint density at radius 3 is 2.92 bits per heavy atom. The smallest absolute Gasteiger partial charge is 0.331 e. The number of nitrogen functional groups attached to an aromatic ring is 1. The minimum Gasteiger partial charge on any atom is -0.478 e. The summed E-state index contributed by atoms with van der Waals surface area (Å²) in [7, 11) is 0. The second-order valence-corrected chi connectivity index (χ2v) is 2.64. The Morgan fingerprint density at radius 1 is 1.69 bits per heavy atom. The molecule has 0 fully saturated rings. The van der Waals surface area contributed by atoms with Crippen LogP contribution in [0.15, 0.2) is 24.0 Å². The number of rotatable bonds is 2. The fourth-order valence-corrected chi connectivity index (χ4v) is 0.833. The summed E-state index contributed by atoms with van der Waals surface area (Å²) in [5.74, 6) is -0.955. The highest BCUT2D eigenvalue weighted by atomic mass is 16.4. The molecule has 0 atom stereocenters. The standard InChI is InChI=1S/C9H10N2O2/c1-6(9(12)13)4-7-5-11-3-2-8(7)10/h2-5H,1H3,(H2,10,11)(H,12,13)/b6-4-. The molecule has 1 heterocycles. The molecule has 1 aromatic rings. The van der Waals surface area contributed by atoms with Gasteiger partial charge in [-0.05, 0) is 19.1 Å². The first-order valence-electron chi connectivity index (χ1n) is 3.72. The fourth-order valence-electron chi connectivity index (χ4n) is 0.833. The summed E-state index contributed by atoms with van der Waals surface area (Å²) in [5, 5.41) is 8.60. The van der Waals surface area contributed by atoms with Crippen molar-refractivity contribution in [3.63, 3.8) is 0 Å². The molecule has 0 amide bonds. The fraction of sp³-hybridized carbons (Fsp3) is 0.111. The van der Waals surface area contributed by atoms with Crippen molar-refractivity contribution in [1.29, 1.82) is 0 Å². The molecule has 0 aromatic carbocycles. The maximum atomic E-state index is 10.5. The highest BCUT2D eigenvalue weighted by Gasteiger charge is 2.01. The lowest BCUT2D eigenvalue weighted by Gasteiger charge is -1.98. The summed E-state index contributed by atoms with van der Waals surface area (Å²) in [6.45, 7) is 1.51. The molecule has 0 aliphatic heterocycles. The number of anilines is 1. The Morgan fingerprint density at radius 2 is 2.38 bits per heavy atom. The molecule has 0 unspecified atom stereocenters. The molecule has 0 saturated heterocycles. The van der Waals surface area contributed by atoms with Gasteiger partial charge in [-0.3, -0.25) is 4.98 Å². The highest BCUT2D eigenvalue weighted by Crippen LogP contribution is 2.12. The third-order valence-corrected chi connectivity index (χ3v) is 1.60. The molecule has 4 nitrogen and oxygen atoms in total.